The van der Waals surface area contributed by atoms with Gasteiger partial charge in [0.15, 0.2) is 5.16 Å². The van der Waals surface area contributed by atoms with Crippen LogP contribution in [0.3, 0.4) is 0 Å². The van der Waals surface area contributed by atoms with Gasteiger partial charge in [0, 0.05) is 6.61 Å². The summed E-state index contributed by atoms with van der Waals surface area (Å²) in [5, 5.41) is 0.799. The number of hydrogen-bond acceptors (Lipinski definition) is 8. The van der Waals surface area contributed by atoms with E-state index in [1.807, 2.05) is 6.92 Å². The fourth-order valence-corrected chi connectivity index (χ4v) is 4.01. The smallest absolute Gasteiger partial charge is 0.337 e. The number of benzene rings is 1. The molecule has 0 aliphatic carbocycles. The lowest BCUT2D eigenvalue weighted by atomic mass is 10.1. The predicted molar refractivity (Wildman–Crippen MR) is 113 cm³/mol. The normalized spacial score (nSPS) is 16.0. The molecule has 0 N–H and O–H groups in total. The molecule has 0 bridgehead atoms. The van der Waals surface area contributed by atoms with E-state index in [9.17, 15) is 14.4 Å². The van der Waals surface area contributed by atoms with E-state index in [-0.39, 0.29) is 23.4 Å². The quantitative estimate of drug-likeness (QED) is 0.257. The Hall–Kier alpha value is -2.39. The molecule has 1 aromatic carbocycles. The third-order valence-corrected chi connectivity index (χ3v) is 5.78. The van der Waals surface area contributed by atoms with Gasteiger partial charge in [-0.1, -0.05) is 25.1 Å². The third-order valence-electron chi connectivity index (χ3n) is 4.83. The molecule has 9 heteroatoms. The highest BCUT2D eigenvalue weighted by Crippen LogP contribution is 2.22. The van der Waals surface area contributed by atoms with Crippen LogP contribution in [0.4, 0.5) is 0 Å². The molecule has 1 unspecified atom stereocenters. The minimum atomic E-state index is -0.504. The topological polar surface area (TPSA) is 96.7 Å². The van der Waals surface area contributed by atoms with Gasteiger partial charge in [0.05, 0.1) is 48.6 Å². The molecule has 1 aliphatic rings. The second-order valence-corrected chi connectivity index (χ2v) is 7.97. The molecule has 8 nitrogen and oxygen atoms in total. The average Bonchev–Trinajstić information content (AvgIpc) is 3.27. The Morgan fingerprint density at radius 1 is 1.37 bits per heavy atom. The van der Waals surface area contributed by atoms with Gasteiger partial charge in [-0.05, 0) is 37.5 Å². The molecule has 0 amide bonds. The van der Waals surface area contributed by atoms with Crippen LogP contribution in [0.2, 0.25) is 0 Å². The SMILES string of the molecule is CCCCOC(=O)CSc1nc2cc(C(=O)OC)ccc2c(=O)n1CC1CCCO1. The van der Waals surface area contributed by atoms with Crippen LogP contribution in [0.25, 0.3) is 10.9 Å². The number of nitrogens with zero attached hydrogens (tertiary/aromatic N) is 2. The first kappa shape index (κ1) is 22.3. The molecule has 1 atom stereocenters. The summed E-state index contributed by atoms with van der Waals surface area (Å²) >= 11 is 1.15. The molecule has 2 heterocycles. The zero-order chi connectivity index (χ0) is 21.5. The molecule has 0 spiro atoms. The molecule has 1 aliphatic heterocycles. The third kappa shape index (κ3) is 5.40. The zero-order valence-electron chi connectivity index (χ0n) is 17.2. The van der Waals surface area contributed by atoms with Crippen molar-refractivity contribution in [2.45, 2.75) is 50.4 Å². The van der Waals surface area contributed by atoms with Crippen molar-refractivity contribution in [2.24, 2.45) is 0 Å². The monoisotopic (exact) mass is 434 g/mol. The Morgan fingerprint density at radius 2 is 2.20 bits per heavy atom. The first-order valence-corrected chi connectivity index (χ1v) is 11.0. The Balaban J connectivity index is 1.91. The molecular weight excluding hydrogens is 408 g/mol. The number of rotatable bonds is 9. The van der Waals surface area contributed by atoms with E-state index in [4.69, 9.17) is 14.2 Å². The molecule has 3 rings (SSSR count). The number of esters is 2. The maximum Gasteiger partial charge on any atom is 0.337 e. The summed E-state index contributed by atoms with van der Waals surface area (Å²) in [6, 6.07) is 4.66. The van der Waals surface area contributed by atoms with Gasteiger partial charge in [0.25, 0.3) is 5.56 Å². The van der Waals surface area contributed by atoms with Crippen molar-refractivity contribution in [3.8, 4) is 0 Å². The van der Waals surface area contributed by atoms with E-state index in [2.05, 4.69) is 4.98 Å². The van der Waals surface area contributed by atoms with Crippen LogP contribution < -0.4 is 5.56 Å². The lowest BCUT2D eigenvalue weighted by molar-refractivity contribution is -0.140. The van der Waals surface area contributed by atoms with Gasteiger partial charge in [-0.2, -0.15) is 0 Å². The minimum absolute atomic E-state index is 0.0455. The maximum atomic E-state index is 13.2. The minimum Gasteiger partial charge on any atom is -0.465 e. The fourth-order valence-electron chi connectivity index (χ4n) is 3.20. The van der Waals surface area contributed by atoms with Gasteiger partial charge >= 0.3 is 11.9 Å². The number of methoxy groups -OCH3 is 1. The van der Waals surface area contributed by atoms with Crippen LogP contribution in [0.5, 0.6) is 0 Å². The lowest BCUT2D eigenvalue weighted by Gasteiger charge is -2.16. The van der Waals surface area contributed by atoms with Crippen molar-refractivity contribution in [3.63, 3.8) is 0 Å². The number of ether oxygens (including phenoxy) is 3. The summed E-state index contributed by atoms with van der Waals surface area (Å²) in [5.41, 5.74) is 0.464. The Labute approximate surface area is 178 Å². The number of carbonyl (C=O) groups excluding carboxylic acids is 2. The van der Waals surface area contributed by atoms with Gasteiger partial charge in [-0.3, -0.25) is 14.2 Å². The number of carbonyl (C=O) groups is 2. The van der Waals surface area contributed by atoms with Gasteiger partial charge in [-0.25, -0.2) is 9.78 Å². The van der Waals surface area contributed by atoms with Crippen LogP contribution in [0.1, 0.15) is 43.0 Å². The van der Waals surface area contributed by atoms with E-state index in [0.29, 0.717) is 41.4 Å². The highest BCUT2D eigenvalue weighted by atomic mass is 32.2. The standard InChI is InChI=1S/C21H26N2O6S/c1-3-4-9-29-18(24)13-30-21-22-17-11-14(20(26)27-2)7-8-16(17)19(25)23(21)12-15-6-5-10-28-15/h7-8,11,15H,3-6,9-10,12-13H2,1-2H3. The fraction of sp³-hybridized carbons (Fsp3) is 0.524. The van der Waals surface area contributed by atoms with E-state index >= 15 is 0 Å². The summed E-state index contributed by atoms with van der Waals surface area (Å²) in [6.45, 7) is 3.45. The molecular formula is C21H26N2O6S. The van der Waals surface area contributed by atoms with Crippen molar-refractivity contribution in [3.05, 3.63) is 34.1 Å². The Kier molecular flexibility index (Phi) is 7.87. The Bertz CT molecular complexity index is 968. The molecule has 2 aromatic rings. The van der Waals surface area contributed by atoms with E-state index in [1.54, 1.807) is 16.7 Å². The van der Waals surface area contributed by atoms with Crippen LogP contribution >= 0.6 is 11.8 Å². The van der Waals surface area contributed by atoms with E-state index in [0.717, 1.165) is 37.4 Å². The Morgan fingerprint density at radius 3 is 2.90 bits per heavy atom. The molecule has 0 saturated carbocycles. The van der Waals surface area contributed by atoms with Gasteiger partial charge in [-0.15, -0.1) is 0 Å². The highest BCUT2D eigenvalue weighted by molar-refractivity contribution is 7.99. The van der Waals surface area contributed by atoms with E-state index in [1.165, 1.54) is 13.2 Å². The second-order valence-electron chi connectivity index (χ2n) is 7.03. The molecule has 1 fully saturated rings. The number of thioether (sulfide) groups is 1. The van der Waals surface area contributed by atoms with Crippen molar-refractivity contribution in [1.29, 1.82) is 0 Å². The summed E-state index contributed by atoms with van der Waals surface area (Å²) in [6.07, 6.45) is 3.51. The van der Waals surface area contributed by atoms with Crippen LogP contribution in [0, 0.1) is 0 Å². The molecule has 162 valence electrons. The molecule has 1 aromatic heterocycles. The molecule has 0 radical (unpaired) electrons. The van der Waals surface area contributed by atoms with Crippen molar-refractivity contribution >= 4 is 34.6 Å². The summed E-state index contributed by atoms with van der Waals surface area (Å²) in [5.74, 6) is -0.810. The first-order chi connectivity index (χ1) is 14.5. The molecule has 30 heavy (non-hydrogen) atoms. The number of fused-ring (bicyclic) bond motifs is 1. The largest absolute Gasteiger partial charge is 0.465 e. The summed E-state index contributed by atoms with van der Waals surface area (Å²) < 4.78 is 17.2. The lowest BCUT2D eigenvalue weighted by Crippen LogP contribution is -2.29. The number of hydrogen-bond donors (Lipinski definition) is 0. The first-order valence-electron chi connectivity index (χ1n) is 10.1. The highest BCUT2D eigenvalue weighted by Gasteiger charge is 2.21. The van der Waals surface area contributed by atoms with Gasteiger partial charge in [0.2, 0.25) is 0 Å². The average molecular weight is 435 g/mol. The second kappa shape index (κ2) is 10.6. The maximum absolute atomic E-state index is 13.2. The van der Waals surface area contributed by atoms with Crippen LogP contribution in [-0.2, 0) is 25.5 Å². The number of unbranched alkanes of at least 4 members (excludes halogenated alkanes) is 1. The van der Waals surface area contributed by atoms with E-state index < -0.39 is 5.97 Å². The van der Waals surface area contributed by atoms with Crippen molar-refractivity contribution in [1.82, 2.24) is 9.55 Å². The van der Waals surface area contributed by atoms with Crippen LogP contribution in [0.15, 0.2) is 28.2 Å². The molecule has 1 saturated heterocycles. The summed E-state index contributed by atoms with van der Waals surface area (Å²) in [4.78, 5) is 41.6. The van der Waals surface area contributed by atoms with Gasteiger partial charge < -0.3 is 14.2 Å². The number of aromatic nitrogens is 2. The predicted octanol–water partition coefficient (Wildman–Crippen LogP) is 2.80. The van der Waals surface area contributed by atoms with Gasteiger partial charge in [0.1, 0.15) is 0 Å². The van der Waals surface area contributed by atoms with Crippen molar-refractivity contribution < 1.29 is 23.8 Å². The summed E-state index contributed by atoms with van der Waals surface area (Å²) in [7, 11) is 1.30. The van der Waals surface area contributed by atoms with Crippen LogP contribution in [-0.4, -0.2) is 53.7 Å². The van der Waals surface area contributed by atoms with Crippen molar-refractivity contribution in [2.75, 3.05) is 26.1 Å². The zero-order valence-corrected chi connectivity index (χ0v) is 18.0.